The molecule has 0 atom stereocenters. The summed E-state index contributed by atoms with van der Waals surface area (Å²) in [6.07, 6.45) is 1.11. The highest BCUT2D eigenvalue weighted by Gasteiger charge is 2.01. The maximum atomic E-state index is 4.25. The highest BCUT2D eigenvalue weighted by atomic mass is 15.2. The van der Waals surface area contributed by atoms with Crippen molar-refractivity contribution < 1.29 is 0 Å². The van der Waals surface area contributed by atoms with Crippen molar-refractivity contribution >= 4 is 5.96 Å². The molecule has 0 unspecified atom stereocenters. The Hall–Kier alpha value is -1.55. The average Bonchev–Trinajstić information content (AvgIpc) is 2.39. The van der Waals surface area contributed by atoms with Crippen molar-refractivity contribution in [2.24, 2.45) is 4.99 Å². The van der Waals surface area contributed by atoms with Crippen molar-refractivity contribution in [3.8, 4) is 0 Å². The van der Waals surface area contributed by atoms with Crippen LogP contribution in [0.5, 0.6) is 0 Å². The molecule has 20 heavy (non-hydrogen) atoms. The molecule has 0 aromatic heterocycles. The summed E-state index contributed by atoms with van der Waals surface area (Å²) < 4.78 is 0. The van der Waals surface area contributed by atoms with Gasteiger partial charge in [0.05, 0.1) is 0 Å². The van der Waals surface area contributed by atoms with Gasteiger partial charge in [-0.3, -0.25) is 4.99 Å². The second-order valence-corrected chi connectivity index (χ2v) is 5.44. The van der Waals surface area contributed by atoms with Gasteiger partial charge in [0, 0.05) is 20.1 Å². The van der Waals surface area contributed by atoms with E-state index in [1.54, 1.807) is 0 Å². The smallest absolute Gasteiger partial charge is 0.191 e. The minimum Gasteiger partial charge on any atom is -0.356 e. The number of nitrogens with one attached hydrogen (secondary N) is 2. The quantitative estimate of drug-likeness (QED) is 0.474. The van der Waals surface area contributed by atoms with E-state index in [0.717, 1.165) is 32.0 Å². The van der Waals surface area contributed by atoms with Gasteiger partial charge in [0.15, 0.2) is 5.96 Å². The van der Waals surface area contributed by atoms with Gasteiger partial charge < -0.3 is 15.5 Å². The second-order valence-electron chi connectivity index (χ2n) is 5.44. The summed E-state index contributed by atoms with van der Waals surface area (Å²) in [7, 11) is 5.99. The molecule has 1 aromatic carbocycles. The Labute approximate surface area is 123 Å². The summed E-state index contributed by atoms with van der Waals surface area (Å²) in [4.78, 5) is 6.44. The molecule has 0 radical (unpaired) electrons. The van der Waals surface area contributed by atoms with E-state index in [1.165, 1.54) is 16.7 Å². The molecular formula is C16H28N4. The molecule has 0 spiro atoms. The molecule has 0 aliphatic rings. The standard InChI is InChI=1S/C16H28N4/c1-13-7-8-15(14(2)11-13)12-19-16(17-3)18-9-6-10-20(4)5/h7-8,11H,6,9-10,12H2,1-5H3,(H2,17,18,19). The topological polar surface area (TPSA) is 39.7 Å². The molecule has 0 saturated carbocycles. The van der Waals surface area contributed by atoms with Gasteiger partial charge >= 0.3 is 0 Å². The number of aliphatic imine (C=N–C) groups is 1. The number of hydrogen-bond acceptors (Lipinski definition) is 2. The Morgan fingerprint density at radius 3 is 2.55 bits per heavy atom. The second kappa shape index (κ2) is 8.59. The Kier molecular flexibility index (Phi) is 7.09. The average molecular weight is 276 g/mol. The van der Waals surface area contributed by atoms with E-state index in [-0.39, 0.29) is 0 Å². The van der Waals surface area contributed by atoms with Crippen LogP contribution in [0.1, 0.15) is 23.1 Å². The van der Waals surface area contributed by atoms with Crippen LogP contribution in [0.3, 0.4) is 0 Å². The van der Waals surface area contributed by atoms with Crippen molar-refractivity contribution in [2.75, 3.05) is 34.2 Å². The first-order valence-corrected chi connectivity index (χ1v) is 7.18. The number of nitrogens with zero attached hydrogens (tertiary/aromatic N) is 2. The zero-order valence-electron chi connectivity index (χ0n) is 13.5. The van der Waals surface area contributed by atoms with Gasteiger partial charge in [-0.2, -0.15) is 0 Å². The minimum absolute atomic E-state index is 0.805. The van der Waals surface area contributed by atoms with Gasteiger partial charge in [-0.15, -0.1) is 0 Å². The summed E-state index contributed by atoms with van der Waals surface area (Å²) in [5, 5.41) is 6.70. The van der Waals surface area contributed by atoms with Crippen LogP contribution in [0.4, 0.5) is 0 Å². The van der Waals surface area contributed by atoms with Crippen LogP contribution in [0.2, 0.25) is 0 Å². The van der Waals surface area contributed by atoms with Crippen LogP contribution in [0.15, 0.2) is 23.2 Å². The zero-order valence-corrected chi connectivity index (χ0v) is 13.5. The number of benzene rings is 1. The molecule has 0 saturated heterocycles. The fraction of sp³-hybridized carbons (Fsp3) is 0.562. The lowest BCUT2D eigenvalue weighted by Crippen LogP contribution is -2.38. The molecular weight excluding hydrogens is 248 g/mol. The molecule has 1 aromatic rings. The van der Waals surface area contributed by atoms with E-state index in [1.807, 2.05) is 7.05 Å². The molecule has 2 N–H and O–H groups in total. The van der Waals surface area contributed by atoms with Gasteiger partial charge in [-0.05, 0) is 52.0 Å². The van der Waals surface area contributed by atoms with E-state index in [2.05, 4.69) is 66.7 Å². The highest BCUT2D eigenvalue weighted by molar-refractivity contribution is 5.79. The summed E-state index contributed by atoms with van der Waals surface area (Å²) in [6, 6.07) is 6.54. The lowest BCUT2D eigenvalue weighted by atomic mass is 10.1. The maximum absolute atomic E-state index is 4.25. The highest BCUT2D eigenvalue weighted by Crippen LogP contribution is 2.09. The first kappa shape index (κ1) is 16.5. The summed E-state index contributed by atoms with van der Waals surface area (Å²) in [5.74, 6) is 0.865. The summed E-state index contributed by atoms with van der Waals surface area (Å²) in [6.45, 7) is 7.10. The lowest BCUT2D eigenvalue weighted by molar-refractivity contribution is 0.399. The predicted molar refractivity (Wildman–Crippen MR) is 87.3 cm³/mol. The van der Waals surface area contributed by atoms with Gasteiger partial charge in [0.1, 0.15) is 0 Å². The molecule has 0 aliphatic carbocycles. The van der Waals surface area contributed by atoms with Crippen molar-refractivity contribution in [1.29, 1.82) is 0 Å². The molecule has 0 amide bonds. The molecule has 0 heterocycles. The SMILES string of the molecule is CN=C(NCCCN(C)C)NCc1ccc(C)cc1C. The van der Waals surface area contributed by atoms with Crippen molar-refractivity contribution in [2.45, 2.75) is 26.8 Å². The molecule has 112 valence electrons. The van der Waals surface area contributed by atoms with E-state index in [0.29, 0.717) is 0 Å². The Morgan fingerprint density at radius 1 is 1.20 bits per heavy atom. The van der Waals surface area contributed by atoms with Crippen molar-refractivity contribution in [3.63, 3.8) is 0 Å². The van der Waals surface area contributed by atoms with Crippen LogP contribution < -0.4 is 10.6 Å². The first-order valence-electron chi connectivity index (χ1n) is 7.18. The summed E-state index contributed by atoms with van der Waals surface area (Å²) >= 11 is 0. The van der Waals surface area contributed by atoms with Gasteiger partial charge in [-0.25, -0.2) is 0 Å². The van der Waals surface area contributed by atoms with Crippen LogP contribution in [0, 0.1) is 13.8 Å². The molecule has 0 aliphatic heterocycles. The van der Waals surface area contributed by atoms with Crippen LogP contribution >= 0.6 is 0 Å². The number of hydrogen-bond donors (Lipinski definition) is 2. The van der Waals surface area contributed by atoms with Crippen LogP contribution in [-0.4, -0.2) is 45.1 Å². The fourth-order valence-corrected chi connectivity index (χ4v) is 2.05. The third-order valence-electron chi connectivity index (χ3n) is 3.24. The van der Waals surface area contributed by atoms with E-state index in [4.69, 9.17) is 0 Å². The van der Waals surface area contributed by atoms with E-state index >= 15 is 0 Å². The summed E-state index contributed by atoms with van der Waals surface area (Å²) in [5.41, 5.74) is 3.94. The van der Waals surface area contributed by atoms with Gasteiger partial charge in [0.25, 0.3) is 0 Å². The van der Waals surface area contributed by atoms with E-state index < -0.39 is 0 Å². The molecule has 4 nitrogen and oxygen atoms in total. The molecule has 4 heteroatoms. The third kappa shape index (κ3) is 6.06. The Morgan fingerprint density at radius 2 is 1.95 bits per heavy atom. The minimum atomic E-state index is 0.805. The zero-order chi connectivity index (χ0) is 15.0. The molecule has 0 fully saturated rings. The molecule has 0 bridgehead atoms. The molecule has 1 rings (SSSR count). The van der Waals surface area contributed by atoms with Crippen LogP contribution in [0.25, 0.3) is 0 Å². The Balaban J connectivity index is 2.38. The number of rotatable bonds is 6. The van der Waals surface area contributed by atoms with Crippen molar-refractivity contribution in [1.82, 2.24) is 15.5 Å². The fourth-order valence-electron chi connectivity index (χ4n) is 2.05. The first-order chi connectivity index (χ1) is 9.52. The Bertz CT molecular complexity index is 438. The predicted octanol–water partition coefficient (Wildman–Crippen LogP) is 1.92. The van der Waals surface area contributed by atoms with E-state index in [9.17, 15) is 0 Å². The monoisotopic (exact) mass is 276 g/mol. The number of guanidine groups is 1. The lowest BCUT2D eigenvalue weighted by Gasteiger charge is -2.14. The van der Waals surface area contributed by atoms with Gasteiger partial charge in [0.2, 0.25) is 0 Å². The van der Waals surface area contributed by atoms with Crippen LogP contribution in [-0.2, 0) is 6.54 Å². The largest absolute Gasteiger partial charge is 0.356 e. The van der Waals surface area contributed by atoms with Gasteiger partial charge in [-0.1, -0.05) is 23.8 Å². The maximum Gasteiger partial charge on any atom is 0.191 e. The van der Waals surface area contributed by atoms with Crippen molar-refractivity contribution in [3.05, 3.63) is 34.9 Å². The number of aryl methyl sites for hydroxylation is 2. The third-order valence-corrected chi connectivity index (χ3v) is 3.24. The normalized spacial score (nSPS) is 11.8.